The van der Waals surface area contributed by atoms with E-state index in [4.69, 9.17) is 4.74 Å². The molecule has 18 heavy (non-hydrogen) atoms. The van der Waals surface area contributed by atoms with Crippen LogP contribution in [0.3, 0.4) is 0 Å². The number of aromatic nitrogens is 1. The summed E-state index contributed by atoms with van der Waals surface area (Å²) >= 11 is 0. The summed E-state index contributed by atoms with van der Waals surface area (Å²) in [7, 11) is 3.97. The SMILES string of the molecule is COC1CCN(c2nccc3c2CCN3C)CC1. The molecule has 98 valence electrons. The highest BCUT2D eigenvalue weighted by atomic mass is 16.5. The molecule has 2 aliphatic rings. The van der Waals surface area contributed by atoms with Crippen molar-refractivity contribution in [3.63, 3.8) is 0 Å². The van der Waals surface area contributed by atoms with Gasteiger partial charge >= 0.3 is 0 Å². The van der Waals surface area contributed by atoms with Gasteiger partial charge in [0.2, 0.25) is 0 Å². The number of nitrogens with zero attached hydrogens (tertiary/aromatic N) is 3. The van der Waals surface area contributed by atoms with Crippen LogP contribution >= 0.6 is 0 Å². The van der Waals surface area contributed by atoms with Gasteiger partial charge in [0.15, 0.2) is 0 Å². The topological polar surface area (TPSA) is 28.6 Å². The molecule has 1 aromatic rings. The van der Waals surface area contributed by atoms with Crippen molar-refractivity contribution >= 4 is 11.5 Å². The third-order valence-electron chi connectivity index (χ3n) is 4.19. The first kappa shape index (κ1) is 11.8. The quantitative estimate of drug-likeness (QED) is 0.795. The number of hydrogen-bond donors (Lipinski definition) is 0. The van der Waals surface area contributed by atoms with Crippen LogP contribution in [-0.4, -0.2) is 44.9 Å². The van der Waals surface area contributed by atoms with Crippen LogP contribution in [0.1, 0.15) is 18.4 Å². The molecule has 1 aromatic heterocycles. The van der Waals surface area contributed by atoms with E-state index in [1.165, 1.54) is 17.1 Å². The fourth-order valence-electron chi connectivity index (χ4n) is 3.04. The molecule has 3 heterocycles. The predicted octanol–water partition coefficient (Wildman–Crippen LogP) is 1.69. The molecule has 0 bridgehead atoms. The number of methoxy groups -OCH3 is 1. The maximum Gasteiger partial charge on any atom is 0.133 e. The average molecular weight is 247 g/mol. The second-order valence-electron chi connectivity index (χ2n) is 5.23. The Morgan fingerprint density at radius 2 is 2.06 bits per heavy atom. The van der Waals surface area contributed by atoms with Crippen molar-refractivity contribution in [2.45, 2.75) is 25.4 Å². The van der Waals surface area contributed by atoms with E-state index in [1.807, 2.05) is 13.3 Å². The Hall–Kier alpha value is -1.29. The van der Waals surface area contributed by atoms with Gasteiger partial charge in [-0.25, -0.2) is 4.98 Å². The lowest BCUT2D eigenvalue weighted by atomic mass is 10.1. The fraction of sp³-hybridized carbons (Fsp3) is 0.643. The molecule has 0 saturated carbocycles. The summed E-state index contributed by atoms with van der Waals surface area (Å²) in [4.78, 5) is 9.36. The van der Waals surface area contributed by atoms with Gasteiger partial charge in [-0.15, -0.1) is 0 Å². The highest BCUT2D eigenvalue weighted by Gasteiger charge is 2.25. The summed E-state index contributed by atoms with van der Waals surface area (Å²) in [5.41, 5.74) is 2.78. The van der Waals surface area contributed by atoms with Crippen LogP contribution < -0.4 is 9.80 Å². The normalized spacial score (nSPS) is 20.3. The Bertz CT molecular complexity index is 427. The minimum atomic E-state index is 0.431. The number of hydrogen-bond acceptors (Lipinski definition) is 4. The Labute approximate surface area is 109 Å². The van der Waals surface area contributed by atoms with Crippen molar-refractivity contribution < 1.29 is 4.74 Å². The van der Waals surface area contributed by atoms with Gasteiger partial charge in [-0.1, -0.05) is 0 Å². The highest BCUT2D eigenvalue weighted by Crippen LogP contribution is 2.34. The lowest BCUT2D eigenvalue weighted by molar-refractivity contribution is 0.0818. The van der Waals surface area contributed by atoms with E-state index < -0.39 is 0 Å². The van der Waals surface area contributed by atoms with Gasteiger partial charge in [0.1, 0.15) is 5.82 Å². The molecule has 4 heteroatoms. The highest BCUT2D eigenvalue weighted by molar-refractivity contribution is 5.67. The molecule has 3 rings (SSSR count). The number of anilines is 2. The van der Waals surface area contributed by atoms with Crippen molar-refractivity contribution in [1.29, 1.82) is 0 Å². The molecule has 0 unspecified atom stereocenters. The molecule has 0 atom stereocenters. The summed E-state index contributed by atoms with van der Waals surface area (Å²) in [5.74, 6) is 1.20. The van der Waals surface area contributed by atoms with E-state index in [2.05, 4.69) is 27.9 Å². The first-order valence-corrected chi connectivity index (χ1v) is 6.76. The molecular weight excluding hydrogens is 226 g/mol. The van der Waals surface area contributed by atoms with Gasteiger partial charge in [-0.3, -0.25) is 0 Å². The van der Waals surface area contributed by atoms with Crippen molar-refractivity contribution in [3.05, 3.63) is 17.8 Å². The summed E-state index contributed by atoms with van der Waals surface area (Å²) < 4.78 is 5.43. The van der Waals surface area contributed by atoms with Gasteiger partial charge in [0, 0.05) is 51.2 Å². The maximum absolute atomic E-state index is 5.43. The zero-order valence-electron chi connectivity index (χ0n) is 11.2. The minimum Gasteiger partial charge on any atom is -0.381 e. The maximum atomic E-state index is 5.43. The molecule has 0 aliphatic carbocycles. The first-order chi connectivity index (χ1) is 8.79. The van der Waals surface area contributed by atoms with E-state index in [1.54, 1.807) is 0 Å². The summed E-state index contributed by atoms with van der Waals surface area (Å²) in [5, 5.41) is 0. The van der Waals surface area contributed by atoms with Crippen LogP contribution in [0.15, 0.2) is 12.3 Å². The molecule has 4 nitrogen and oxygen atoms in total. The number of likely N-dealkylation sites (N-methyl/N-ethyl adjacent to an activating group) is 1. The van der Waals surface area contributed by atoms with Crippen LogP contribution in [-0.2, 0) is 11.2 Å². The molecule has 0 N–H and O–H groups in total. The smallest absolute Gasteiger partial charge is 0.133 e. The Morgan fingerprint density at radius 3 is 2.78 bits per heavy atom. The number of ether oxygens (including phenoxy) is 1. The zero-order valence-corrected chi connectivity index (χ0v) is 11.2. The Morgan fingerprint density at radius 1 is 1.28 bits per heavy atom. The molecule has 1 fully saturated rings. The molecule has 0 spiro atoms. The van der Waals surface area contributed by atoms with Crippen LogP contribution in [0.25, 0.3) is 0 Å². The van der Waals surface area contributed by atoms with E-state index in [9.17, 15) is 0 Å². The molecule has 0 amide bonds. The molecule has 1 saturated heterocycles. The minimum absolute atomic E-state index is 0.431. The monoisotopic (exact) mass is 247 g/mol. The number of rotatable bonds is 2. The average Bonchev–Trinajstić information content (AvgIpc) is 2.81. The number of fused-ring (bicyclic) bond motifs is 1. The molecular formula is C14H21N3O. The van der Waals surface area contributed by atoms with Crippen LogP contribution in [0, 0.1) is 0 Å². The summed E-state index contributed by atoms with van der Waals surface area (Å²) in [6, 6.07) is 2.13. The first-order valence-electron chi connectivity index (χ1n) is 6.76. The van der Waals surface area contributed by atoms with Crippen LogP contribution in [0.2, 0.25) is 0 Å². The van der Waals surface area contributed by atoms with E-state index in [-0.39, 0.29) is 0 Å². The van der Waals surface area contributed by atoms with Crippen molar-refractivity contribution in [3.8, 4) is 0 Å². The van der Waals surface area contributed by atoms with Crippen molar-refractivity contribution in [2.75, 3.05) is 43.6 Å². The molecule has 2 aliphatic heterocycles. The van der Waals surface area contributed by atoms with E-state index >= 15 is 0 Å². The Kier molecular flexibility index (Phi) is 3.12. The molecule has 0 radical (unpaired) electrons. The lowest BCUT2D eigenvalue weighted by Crippen LogP contribution is -2.37. The second kappa shape index (κ2) is 4.76. The van der Waals surface area contributed by atoms with Crippen LogP contribution in [0.5, 0.6) is 0 Å². The van der Waals surface area contributed by atoms with Crippen LogP contribution in [0.4, 0.5) is 11.5 Å². The Balaban J connectivity index is 1.82. The van der Waals surface area contributed by atoms with E-state index in [0.29, 0.717) is 6.10 Å². The van der Waals surface area contributed by atoms with E-state index in [0.717, 1.165) is 38.9 Å². The van der Waals surface area contributed by atoms with Crippen molar-refractivity contribution in [1.82, 2.24) is 4.98 Å². The fourth-order valence-corrected chi connectivity index (χ4v) is 3.04. The third-order valence-corrected chi connectivity index (χ3v) is 4.19. The second-order valence-corrected chi connectivity index (χ2v) is 5.23. The third kappa shape index (κ3) is 1.94. The number of pyridine rings is 1. The summed E-state index contributed by atoms with van der Waals surface area (Å²) in [6.45, 7) is 3.24. The van der Waals surface area contributed by atoms with Gasteiger partial charge in [0.05, 0.1) is 6.10 Å². The van der Waals surface area contributed by atoms with Gasteiger partial charge < -0.3 is 14.5 Å². The van der Waals surface area contributed by atoms with Gasteiger partial charge in [-0.05, 0) is 25.3 Å². The summed E-state index contributed by atoms with van der Waals surface area (Å²) in [6.07, 6.45) is 5.72. The largest absolute Gasteiger partial charge is 0.381 e. The predicted molar refractivity (Wildman–Crippen MR) is 73.5 cm³/mol. The van der Waals surface area contributed by atoms with Gasteiger partial charge in [-0.2, -0.15) is 0 Å². The lowest BCUT2D eigenvalue weighted by Gasteiger charge is -2.33. The standard InChI is InChI=1S/C14H21N3O/c1-16-8-6-12-13(16)3-7-15-14(12)17-9-4-11(18-2)5-10-17/h3,7,11H,4-6,8-10H2,1-2H3. The van der Waals surface area contributed by atoms with Crippen molar-refractivity contribution in [2.24, 2.45) is 0 Å². The number of piperidine rings is 1. The zero-order chi connectivity index (χ0) is 12.5. The molecule has 0 aromatic carbocycles. The van der Waals surface area contributed by atoms with Gasteiger partial charge in [0.25, 0.3) is 0 Å².